The zero-order valence-electron chi connectivity index (χ0n) is 10.2. The molecule has 90 valence electrons. The first kappa shape index (κ1) is 13.2. The van der Waals surface area contributed by atoms with Crippen LogP contribution in [0.1, 0.15) is 32.3 Å². The van der Waals surface area contributed by atoms with Crippen LogP contribution in [0.2, 0.25) is 0 Å². The minimum atomic E-state index is -0.155. The molecule has 0 aliphatic carbocycles. The lowest BCUT2D eigenvalue weighted by Crippen LogP contribution is -2.17. The van der Waals surface area contributed by atoms with Crippen molar-refractivity contribution < 1.29 is 4.39 Å². The van der Waals surface area contributed by atoms with E-state index < -0.39 is 0 Å². The summed E-state index contributed by atoms with van der Waals surface area (Å²) in [6, 6.07) is 6.83. The van der Waals surface area contributed by atoms with Crippen LogP contribution in [0.3, 0.4) is 0 Å². The van der Waals surface area contributed by atoms with Crippen molar-refractivity contribution >= 4 is 0 Å². The molecule has 0 saturated carbocycles. The van der Waals surface area contributed by atoms with Crippen LogP contribution in [-0.2, 0) is 6.42 Å². The summed E-state index contributed by atoms with van der Waals surface area (Å²) in [5.74, 6) is 1.03. The van der Waals surface area contributed by atoms with Gasteiger partial charge in [0.2, 0.25) is 0 Å². The summed E-state index contributed by atoms with van der Waals surface area (Å²) < 4.78 is 13.0. The summed E-state index contributed by atoms with van der Waals surface area (Å²) >= 11 is 0. The fourth-order valence-corrected chi connectivity index (χ4v) is 1.87. The highest BCUT2D eigenvalue weighted by atomic mass is 19.1. The molecule has 2 heteroatoms. The van der Waals surface area contributed by atoms with Crippen molar-refractivity contribution in [2.75, 3.05) is 6.54 Å². The molecule has 0 radical (unpaired) electrons. The lowest BCUT2D eigenvalue weighted by Gasteiger charge is -2.16. The zero-order chi connectivity index (χ0) is 12.0. The van der Waals surface area contributed by atoms with Gasteiger partial charge in [-0.15, -0.1) is 0 Å². The molecule has 1 unspecified atom stereocenters. The van der Waals surface area contributed by atoms with Crippen molar-refractivity contribution in [3.63, 3.8) is 0 Å². The molecule has 1 nitrogen and oxygen atoms in total. The van der Waals surface area contributed by atoms with E-state index in [4.69, 9.17) is 5.73 Å². The van der Waals surface area contributed by atoms with E-state index in [2.05, 4.69) is 13.8 Å². The van der Waals surface area contributed by atoms with Crippen LogP contribution >= 0.6 is 0 Å². The Morgan fingerprint density at radius 3 is 2.56 bits per heavy atom. The molecular weight excluding hydrogens is 201 g/mol. The zero-order valence-corrected chi connectivity index (χ0v) is 10.2. The number of hydrogen-bond donors (Lipinski definition) is 1. The van der Waals surface area contributed by atoms with Gasteiger partial charge < -0.3 is 5.73 Å². The summed E-state index contributed by atoms with van der Waals surface area (Å²) in [5, 5.41) is 0. The van der Waals surface area contributed by atoms with Gasteiger partial charge in [-0.2, -0.15) is 0 Å². The molecule has 0 fully saturated rings. The summed E-state index contributed by atoms with van der Waals surface area (Å²) in [7, 11) is 0. The van der Waals surface area contributed by atoms with E-state index in [-0.39, 0.29) is 5.82 Å². The Kier molecular flexibility index (Phi) is 5.47. The maximum atomic E-state index is 13.0. The first-order valence-electron chi connectivity index (χ1n) is 6.06. The molecule has 1 aromatic carbocycles. The predicted octanol–water partition coefficient (Wildman–Crippen LogP) is 3.38. The third-order valence-electron chi connectivity index (χ3n) is 2.90. The molecule has 2 N–H and O–H groups in total. The molecule has 0 spiro atoms. The maximum absolute atomic E-state index is 13.0. The van der Waals surface area contributed by atoms with Crippen LogP contribution in [0, 0.1) is 17.7 Å². The number of nitrogens with two attached hydrogens (primary N) is 1. The molecule has 0 heterocycles. The Labute approximate surface area is 97.9 Å². The van der Waals surface area contributed by atoms with E-state index in [1.807, 2.05) is 6.07 Å². The van der Waals surface area contributed by atoms with E-state index in [1.165, 1.54) is 12.5 Å². The molecule has 1 atom stereocenters. The number of rotatable bonds is 6. The molecule has 16 heavy (non-hydrogen) atoms. The Hall–Kier alpha value is -0.890. The van der Waals surface area contributed by atoms with E-state index >= 15 is 0 Å². The average molecular weight is 223 g/mol. The highest BCUT2D eigenvalue weighted by Gasteiger charge is 2.09. The van der Waals surface area contributed by atoms with Gasteiger partial charge in [-0.05, 0) is 48.9 Å². The Balaban J connectivity index is 2.49. The highest BCUT2D eigenvalue weighted by molar-refractivity contribution is 5.16. The quantitative estimate of drug-likeness (QED) is 0.786. The van der Waals surface area contributed by atoms with Gasteiger partial charge >= 0.3 is 0 Å². The SMILES string of the molecule is CC(C)CCC(CN)Cc1cccc(F)c1. The molecule has 0 amide bonds. The Bertz CT molecular complexity index is 309. The second kappa shape index (κ2) is 6.64. The summed E-state index contributed by atoms with van der Waals surface area (Å²) in [6.45, 7) is 5.12. The standard InChI is InChI=1S/C14H22FN/c1-11(2)6-7-13(10-16)8-12-4-3-5-14(15)9-12/h3-5,9,11,13H,6-8,10,16H2,1-2H3. The third kappa shape index (κ3) is 4.75. The first-order chi connectivity index (χ1) is 7.61. The second-order valence-electron chi connectivity index (χ2n) is 4.91. The predicted molar refractivity (Wildman–Crippen MR) is 66.7 cm³/mol. The molecule has 1 aromatic rings. The minimum absolute atomic E-state index is 0.155. The number of halogens is 1. The number of hydrogen-bond acceptors (Lipinski definition) is 1. The normalized spacial score (nSPS) is 13.1. The monoisotopic (exact) mass is 223 g/mol. The average Bonchev–Trinajstić information content (AvgIpc) is 2.24. The fraction of sp³-hybridized carbons (Fsp3) is 0.571. The molecule has 0 aromatic heterocycles. The van der Waals surface area contributed by atoms with Crippen LogP contribution < -0.4 is 5.73 Å². The van der Waals surface area contributed by atoms with Gasteiger partial charge in [0, 0.05) is 0 Å². The molecule has 0 aliphatic heterocycles. The van der Waals surface area contributed by atoms with Crippen LogP contribution in [-0.4, -0.2) is 6.54 Å². The number of benzene rings is 1. The molecule has 0 saturated heterocycles. The van der Waals surface area contributed by atoms with Gasteiger partial charge in [0.05, 0.1) is 0 Å². The lowest BCUT2D eigenvalue weighted by atomic mass is 9.92. The van der Waals surface area contributed by atoms with Crippen molar-refractivity contribution in [3.05, 3.63) is 35.6 Å². The van der Waals surface area contributed by atoms with E-state index in [9.17, 15) is 4.39 Å². The van der Waals surface area contributed by atoms with Crippen molar-refractivity contribution in [2.45, 2.75) is 33.1 Å². The van der Waals surface area contributed by atoms with Gasteiger partial charge in [0.25, 0.3) is 0 Å². The fourth-order valence-electron chi connectivity index (χ4n) is 1.87. The molecule has 0 bridgehead atoms. The lowest BCUT2D eigenvalue weighted by molar-refractivity contribution is 0.427. The smallest absolute Gasteiger partial charge is 0.123 e. The summed E-state index contributed by atoms with van der Waals surface area (Å²) in [5.41, 5.74) is 6.81. The third-order valence-corrected chi connectivity index (χ3v) is 2.90. The van der Waals surface area contributed by atoms with Crippen LogP contribution in [0.25, 0.3) is 0 Å². The molecule has 0 aliphatic rings. The van der Waals surface area contributed by atoms with E-state index in [0.717, 1.165) is 18.4 Å². The van der Waals surface area contributed by atoms with Crippen molar-refractivity contribution in [2.24, 2.45) is 17.6 Å². The summed E-state index contributed by atoms with van der Waals surface area (Å²) in [4.78, 5) is 0. The highest BCUT2D eigenvalue weighted by Crippen LogP contribution is 2.17. The van der Waals surface area contributed by atoms with E-state index in [0.29, 0.717) is 18.4 Å². The van der Waals surface area contributed by atoms with Crippen LogP contribution in [0.4, 0.5) is 4.39 Å². The van der Waals surface area contributed by atoms with Gasteiger partial charge in [-0.3, -0.25) is 0 Å². The Morgan fingerprint density at radius 1 is 1.25 bits per heavy atom. The molecular formula is C14H22FN. The van der Waals surface area contributed by atoms with Crippen molar-refractivity contribution in [1.82, 2.24) is 0 Å². The molecule has 1 rings (SSSR count). The second-order valence-corrected chi connectivity index (χ2v) is 4.91. The van der Waals surface area contributed by atoms with E-state index in [1.54, 1.807) is 12.1 Å². The van der Waals surface area contributed by atoms with Crippen LogP contribution in [0.5, 0.6) is 0 Å². The van der Waals surface area contributed by atoms with Crippen molar-refractivity contribution in [1.29, 1.82) is 0 Å². The Morgan fingerprint density at radius 2 is 2.00 bits per heavy atom. The van der Waals surface area contributed by atoms with Crippen LogP contribution in [0.15, 0.2) is 24.3 Å². The summed E-state index contributed by atoms with van der Waals surface area (Å²) in [6.07, 6.45) is 3.21. The largest absolute Gasteiger partial charge is 0.330 e. The van der Waals surface area contributed by atoms with Gasteiger partial charge in [0.15, 0.2) is 0 Å². The van der Waals surface area contributed by atoms with Gasteiger partial charge in [-0.25, -0.2) is 4.39 Å². The minimum Gasteiger partial charge on any atom is -0.330 e. The van der Waals surface area contributed by atoms with Crippen molar-refractivity contribution in [3.8, 4) is 0 Å². The van der Waals surface area contributed by atoms with Gasteiger partial charge in [-0.1, -0.05) is 32.4 Å². The first-order valence-corrected chi connectivity index (χ1v) is 6.06. The topological polar surface area (TPSA) is 26.0 Å². The van der Waals surface area contributed by atoms with Gasteiger partial charge in [0.1, 0.15) is 5.82 Å². The maximum Gasteiger partial charge on any atom is 0.123 e.